The van der Waals surface area contributed by atoms with Crippen molar-refractivity contribution in [3.05, 3.63) is 34.6 Å². The van der Waals surface area contributed by atoms with Crippen LogP contribution in [0.2, 0.25) is 5.02 Å². The van der Waals surface area contributed by atoms with Gasteiger partial charge in [0.05, 0.1) is 10.6 Å². The van der Waals surface area contributed by atoms with Gasteiger partial charge in [-0.2, -0.15) is 0 Å². The summed E-state index contributed by atoms with van der Waals surface area (Å²) in [5.74, 6) is -0.761. The van der Waals surface area contributed by atoms with Crippen LogP contribution >= 0.6 is 11.6 Å². The Balaban J connectivity index is 2.22. The van der Waals surface area contributed by atoms with Gasteiger partial charge in [-0.25, -0.2) is 4.39 Å². The minimum atomic E-state index is -0.555. The molecule has 1 aliphatic rings. The van der Waals surface area contributed by atoms with Crippen molar-refractivity contribution in [2.24, 2.45) is 0 Å². The van der Waals surface area contributed by atoms with E-state index in [9.17, 15) is 9.18 Å². The Morgan fingerprint density at radius 3 is 3.06 bits per heavy atom. The first-order chi connectivity index (χ1) is 8.09. The van der Waals surface area contributed by atoms with Crippen LogP contribution in [-0.4, -0.2) is 36.5 Å². The van der Waals surface area contributed by atoms with E-state index in [2.05, 4.69) is 5.32 Å². The van der Waals surface area contributed by atoms with Crippen molar-refractivity contribution in [3.63, 3.8) is 0 Å². The molecule has 2 rings (SSSR count). The zero-order valence-corrected chi connectivity index (χ0v) is 10.3. The smallest absolute Gasteiger partial charge is 0.255 e. The van der Waals surface area contributed by atoms with E-state index in [-0.39, 0.29) is 22.5 Å². The predicted molar refractivity (Wildman–Crippen MR) is 64.8 cm³/mol. The first-order valence-electron chi connectivity index (χ1n) is 5.56. The summed E-state index contributed by atoms with van der Waals surface area (Å²) in [4.78, 5) is 13.9. The lowest BCUT2D eigenvalue weighted by molar-refractivity contribution is 0.0709. The predicted octanol–water partition coefficient (Wildman–Crippen LogP) is 1.91. The van der Waals surface area contributed by atoms with Crippen LogP contribution in [0.3, 0.4) is 0 Å². The van der Waals surface area contributed by atoms with Gasteiger partial charge in [-0.05, 0) is 19.1 Å². The van der Waals surface area contributed by atoms with E-state index in [0.29, 0.717) is 13.1 Å². The Hall–Kier alpha value is -1.13. The summed E-state index contributed by atoms with van der Waals surface area (Å²) in [6.45, 7) is 3.99. The Morgan fingerprint density at radius 2 is 2.35 bits per heavy atom. The lowest BCUT2D eigenvalue weighted by Crippen LogP contribution is -2.51. The number of nitrogens with zero attached hydrogens (tertiary/aromatic N) is 1. The molecule has 1 N–H and O–H groups in total. The number of halogens is 2. The van der Waals surface area contributed by atoms with Crippen molar-refractivity contribution in [1.82, 2.24) is 10.2 Å². The maximum Gasteiger partial charge on any atom is 0.255 e. The topological polar surface area (TPSA) is 32.3 Å². The number of carbonyl (C=O) groups is 1. The van der Waals surface area contributed by atoms with Gasteiger partial charge in [-0.3, -0.25) is 4.79 Å². The van der Waals surface area contributed by atoms with Gasteiger partial charge in [0.2, 0.25) is 0 Å². The standard InChI is InChI=1S/C12H14ClFN2O/c1-8-7-16(6-5-15-8)12(17)9-3-2-4-10(14)11(9)13/h2-4,8,15H,5-7H2,1H3. The second-order valence-corrected chi connectivity index (χ2v) is 4.59. The van der Waals surface area contributed by atoms with Crippen molar-refractivity contribution >= 4 is 17.5 Å². The average Bonchev–Trinajstić information content (AvgIpc) is 2.32. The molecule has 1 atom stereocenters. The fourth-order valence-electron chi connectivity index (χ4n) is 1.96. The summed E-state index contributed by atoms with van der Waals surface area (Å²) < 4.78 is 13.3. The molecule has 1 aromatic carbocycles. The number of piperazine rings is 1. The van der Waals surface area contributed by atoms with E-state index < -0.39 is 5.82 Å². The molecule has 0 spiro atoms. The van der Waals surface area contributed by atoms with Crippen molar-refractivity contribution in [3.8, 4) is 0 Å². The third-order valence-electron chi connectivity index (χ3n) is 2.84. The summed E-state index contributed by atoms with van der Waals surface area (Å²) in [5.41, 5.74) is 0.237. The fourth-order valence-corrected chi connectivity index (χ4v) is 2.16. The largest absolute Gasteiger partial charge is 0.336 e. The Labute approximate surface area is 105 Å². The maximum absolute atomic E-state index is 13.3. The number of hydrogen-bond donors (Lipinski definition) is 1. The summed E-state index contributed by atoms with van der Waals surface area (Å²) >= 11 is 5.81. The summed E-state index contributed by atoms with van der Waals surface area (Å²) in [5, 5.41) is 3.15. The molecule has 5 heteroatoms. The third-order valence-corrected chi connectivity index (χ3v) is 3.22. The second-order valence-electron chi connectivity index (χ2n) is 4.21. The minimum absolute atomic E-state index is 0.0938. The maximum atomic E-state index is 13.3. The molecule has 1 saturated heterocycles. The van der Waals surface area contributed by atoms with Crippen molar-refractivity contribution in [2.75, 3.05) is 19.6 Å². The van der Waals surface area contributed by atoms with Gasteiger partial charge in [0.1, 0.15) is 5.82 Å². The molecule has 1 aromatic rings. The van der Waals surface area contributed by atoms with Crippen LogP contribution < -0.4 is 5.32 Å². The molecule has 1 unspecified atom stereocenters. The first-order valence-corrected chi connectivity index (χ1v) is 5.94. The van der Waals surface area contributed by atoms with Gasteiger partial charge < -0.3 is 10.2 Å². The molecule has 3 nitrogen and oxygen atoms in total. The molecule has 1 amide bonds. The van der Waals surface area contributed by atoms with Crippen molar-refractivity contribution in [2.45, 2.75) is 13.0 Å². The van der Waals surface area contributed by atoms with Gasteiger partial charge in [-0.1, -0.05) is 17.7 Å². The highest BCUT2D eigenvalue weighted by Crippen LogP contribution is 2.21. The Kier molecular flexibility index (Phi) is 3.64. The van der Waals surface area contributed by atoms with E-state index in [4.69, 9.17) is 11.6 Å². The Bertz CT molecular complexity index is 439. The number of amides is 1. The number of rotatable bonds is 1. The highest BCUT2D eigenvalue weighted by atomic mass is 35.5. The van der Waals surface area contributed by atoms with E-state index in [1.165, 1.54) is 12.1 Å². The van der Waals surface area contributed by atoms with Gasteiger partial charge in [0, 0.05) is 25.7 Å². The van der Waals surface area contributed by atoms with Gasteiger partial charge in [0.25, 0.3) is 5.91 Å². The summed E-state index contributed by atoms with van der Waals surface area (Å²) in [6, 6.07) is 4.56. The van der Waals surface area contributed by atoms with Crippen LogP contribution in [0.1, 0.15) is 17.3 Å². The molecule has 0 bridgehead atoms. The lowest BCUT2D eigenvalue weighted by Gasteiger charge is -2.32. The van der Waals surface area contributed by atoms with E-state index in [1.54, 1.807) is 11.0 Å². The third kappa shape index (κ3) is 2.58. The normalized spacial score (nSPS) is 20.4. The van der Waals surface area contributed by atoms with Gasteiger partial charge in [0.15, 0.2) is 0 Å². The molecular formula is C12H14ClFN2O. The zero-order chi connectivity index (χ0) is 12.4. The van der Waals surface area contributed by atoms with Crippen LogP contribution in [0.25, 0.3) is 0 Å². The first kappa shape index (κ1) is 12.3. The van der Waals surface area contributed by atoms with Crippen molar-refractivity contribution in [1.29, 1.82) is 0 Å². The highest BCUT2D eigenvalue weighted by Gasteiger charge is 2.23. The molecule has 1 fully saturated rings. The summed E-state index contributed by atoms with van der Waals surface area (Å²) in [7, 11) is 0. The van der Waals surface area contributed by atoms with Crippen LogP contribution in [0.5, 0.6) is 0 Å². The monoisotopic (exact) mass is 256 g/mol. The minimum Gasteiger partial charge on any atom is -0.336 e. The second kappa shape index (κ2) is 5.02. The van der Waals surface area contributed by atoms with Crippen molar-refractivity contribution < 1.29 is 9.18 Å². The number of hydrogen-bond acceptors (Lipinski definition) is 2. The molecule has 92 valence electrons. The molecule has 0 radical (unpaired) electrons. The van der Waals surface area contributed by atoms with E-state index in [0.717, 1.165) is 6.54 Å². The van der Waals surface area contributed by atoms with E-state index >= 15 is 0 Å². The lowest BCUT2D eigenvalue weighted by atomic mass is 10.1. The van der Waals surface area contributed by atoms with Crippen LogP contribution in [0.15, 0.2) is 18.2 Å². The highest BCUT2D eigenvalue weighted by molar-refractivity contribution is 6.34. The SMILES string of the molecule is CC1CN(C(=O)c2cccc(F)c2Cl)CCN1. The van der Waals surface area contributed by atoms with Crippen LogP contribution in [-0.2, 0) is 0 Å². The molecule has 1 aliphatic heterocycles. The van der Waals surface area contributed by atoms with Gasteiger partial charge in [-0.15, -0.1) is 0 Å². The molecule has 17 heavy (non-hydrogen) atoms. The average molecular weight is 257 g/mol. The number of benzene rings is 1. The quantitative estimate of drug-likeness (QED) is 0.833. The van der Waals surface area contributed by atoms with E-state index in [1.807, 2.05) is 6.92 Å². The molecule has 0 saturated carbocycles. The Morgan fingerprint density at radius 1 is 1.59 bits per heavy atom. The van der Waals surface area contributed by atoms with Crippen LogP contribution in [0.4, 0.5) is 4.39 Å². The molecule has 1 heterocycles. The molecule has 0 aliphatic carbocycles. The van der Waals surface area contributed by atoms with Gasteiger partial charge >= 0.3 is 0 Å². The molecular weight excluding hydrogens is 243 g/mol. The summed E-state index contributed by atoms with van der Waals surface area (Å²) in [6.07, 6.45) is 0. The molecule has 0 aromatic heterocycles. The zero-order valence-electron chi connectivity index (χ0n) is 9.54. The number of carbonyl (C=O) groups excluding carboxylic acids is 1. The fraction of sp³-hybridized carbons (Fsp3) is 0.417. The van der Waals surface area contributed by atoms with Crippen LogP contribution in [0, 0.1) is 5.82 Å². The number of nitrogens with one attached hydrogen (secondary N) is 1.